The number of hydrogen-bond donors (Lipinski definition) is 2. The van der Waals surface area contributed by atoms with E-state index in [1.165, 1.54) is 83.5 Å². The summed E-state index contributed by atoms with van der Waals surface area (Å²) in [5.74, 6) is -0.537. The topological polar surface area (TPSA) is 92.3 Å². The van der Waals surface area contributed by atoms with Crippen LogP contribution in [-0.4, -0.2) is 38.2 Å². The number of carbonyl (C=O) groups excluding carboxylic acids is 2. The van der Waals surface area contributed by atoms with E-state index in [9.17, 15) is 22.4 Å². The van der Waals surface area contributed by atoms with Crippen molar-refractivity contribution in [3.05, 3.63) is 24.3 Å². The van der Waals surface area contributed by atoms with E-state index in [1.807, 2.05) is 0 Å². The quantitative estimate of drug-likeness (QED) is 0.0741. The first kappa shape index (κ1) is 38.2. The SMILES string of the molecule is CCCCCCCCCCCCCCCCCC(F)CCCCCCCS(=O)(=O)c1ccc(NC2CCC(=O)NC2=O)cc1. The van der Waals surface area contributed by atoms with Gasteiger partial charge < -0.3 is 5.32 Å². The van der Waals surface area contributed by atoms with Crippen LogP contribution >= 0.6 is 0 Å². The summed E-state index contributed by atoms with van der Waals surface area (Å²) in [6.45, 7) is 2.27. The highest BCUT2D eigenvalue weighted by molar-refractivity contribution is 7.91. The lowest BCUT2D eigenvalue weighted by Gasteiger charge is -2.22. The Morgan fingerprint density at radius 3 is 1.66 bits per heavy atom. The smallest absolute Gasteiger partial charge is 0.249 e. The number of rotatable bonds is 27. The van der Waals surface area contributed by atoms with Crippen LogP contribution < -0.4 is 10.6 Å². The van der Waals surface area contributed by atoms with Gasteiger partial charge in [0.05, 0.1) is 10.6 Å². The van der Waals surface area contributed by atoms with E-state index in [0.29, 0.717) is 31.4 Å². The molecule has 2 unspecified atom stereocenters. The summed E-state index contributed by atoms with van der Waals surface area (Å²) in [7, 11) is -3.38. The van der Waals surface area contributed by atoms with Crippen molar-refractivity contribution in [1.82, 2.24) is 5.32 Å². The van der Waals surface area contributed by atoms with E-state index >= 15 is 0 Å². The molecule has 8 heteroatoms. The second-order valence-corrected chi connectivity index (χ2v) is 15.0. The lowest BCUT2D eigenvalue weighted by Crippen LogP contribution is -2.47. The molecule has 1 heterocycles. The van der Waals surface area contributed by atoms with Gasteiger partial charge in [-0.15, -0.1) is 0 Å². The van der Waals surface area contributed by atoms with Gasteiger partial charge in [0.15, 0.2) is 9.84 Å². The number of sulfone groups is 1. The molecule has 0 saturated carbocycles. The van der Waals surface area contributed by atoms with Gasteiger partial charge in [-0.25, -0.2) is 12.8 Å². The Morgan fingerprint density at radius 1 is 0.727 bits per heavy atom. The molecule has 252 valence electrons. The fourth-order valence-electron chi connectivity index (χ4n) is 5.98. The maximum Gasteiger partial charge on any atom is 0.249 e. The first-order valence-electron chi connectivity index (χ1n) is 17.9. The average Bonchev–Trinajstić information content (AvgIpc) is 3.00. The highest BCUT2D eigenvalue weighted by Gasteiger charge is 2.26. The summed E-state index contributed by atoms with van der Waals surface area (Å²) in [6.07, 6.45) is 25.3. The minimum atomic E-state index is -3.38. The van der Waals surface area contributed by atoms with E-state index in [0.717, 1.165) is 38.5 Å². The predicted octanol–water partition coefficient (Wildman–Crippen LogP) is 9.62. The first-order valence-corrected chi connectivity index (χ1v) is 19.5. The van der Waals surface area contributed by atoms with Crippen LogP contribution in [0.5, 0.6) is 0 Å². The highest BCUT2D eigenvalue weighted by atomic mass is 32.2. The van der Waals surface area contributed by atoms with E-state index in [2.05, 4.69) is 17.6 Å². The average molecular weight is 637 g/mol. The van der Waals surface area contributed by atoms with E-state index in [-0.39, 0.29) is 28.9 Å². The zero-order valence-corrected chi connectivity index (χ0v) is 28.4. The van der Waals surface area contributed by atoms with Crippen molar-refractivity contribution in [2.75, 3.05) is 11.1 Å². The molecule has 0 aromatic heterocycles. The van der Waals surface area contributed by atoms with E-state index in [1.54, 1.807) is 24.3 Å². The van der Waals surface area contributed by atoms with Gasteiger partial charge in [0.2, 0.25) is 11.8 Å². The Bertz CT molecular complexity index is 1020. The maximum absolute atomic E-state index is 14.3. The molecule has 1 aromatic carbocycles. The molecule has 0 spiro atoms. The fraction of sp³-hybridized carbons (Fsp3) is 0.778. The number of carbonyl (C=O) groups is 2. The van der Waals surface area contributed by atoms with Gasteiger partial charge in [-0.05, 0) is 49.9 Å². The second-order valence-electron chi connectivity index (χ2n) is 12.9. The third kappa shape index (κ3) is 17.5. The number of alkyl halides is 1. The molecule has 1 aromatic rings. The molecule has 6 nitrogen and oxygen atoms in total. The summed E-state index contributed by atoms with van der Waals surface area (Å²) < 4.78 is 39.7. The Balaban J connectivity index is 1.40. The Hall–Kier alpha value is -1.96. The van der Waals surface area contributed by atoms with Gasteiger partial charge in [0, 0.05) is 12.1 Å². The molecule has 1 fully saturated rings. The van der Waals surface area contributed by atoms with Crippen molar-refractivity contribution < 1.29 is 22.4 Å². The van der Waals surface area contributed by atoms with Crippen LogP contribution in [0.2, 0.25) is 0 Å². The fourth-order valence-corrected chi connectivity index (χ4v) is 7.35. The molecular formula is C36H61FN2O4S. The molecule has 44 heavy (non-hydrogen) atoms. The Kier molecular flexibility index (Phi) is 20.3. The van der Waals surface area contributed by atoms with Crippen molar-refractivity contribution in [1.29, 1.82) is 0 Å². The number of imide groups is 1. The lowest BCUT2D eigenvalue weighted by atomic mass is 10.0. The van der Waals surface area contributed by atoms with Crippen LogP contribution in [0.3, 0.4) is 0 Å². The molecule has 0 radical (unpaired) electrons. The zero-order chi connectivity index (χ0) is 31.9. The van der Waals surface area contributed by atoms with Crippen molar-refractivity contribution in [2.45, 2.75) is 178 Å². The Labute approximate surface area is 268 Å². The minimum absolute atomic E-state index is 0.0951. The number of hydrogen-bond acceptors (Lipinski definition) is 5. The van der Waals surface area contributed by atoms with Gasteiger partial charge >= 0.3 is 0 Å². The first-order chi connectivity index (χ1) is 21.3. The molecule has 1 aliphatic rings. The van der Waals surface area contributed by atoms with Gasteiger partial charge in [0.1, 0.15) is 12.2 Å². The monoisotopic (exact) mass is 636 g/mol. The van der Waals surface area contributed by atoms with Crippen molar-refractivity contribution in [3.8, 4) is 0 Å². The number of halogens is 1. The standard InChI is InChI=1S/C36H61FN2O4S/c1-2-3-4-5-6-7-8-9-10-11-12-13-14-16-19-22-31(37)23-20-17-15-18-21-30-44(42,43)33-26-24-32(25-27-33)38-34-28-29-35(40)39-36(34)41/h24-27,31,34,38H,2-23,28-30H2,1H3,(H,39,40,41). The maximum atomic E-state index is 14.3. The van der Waals surface area contributed by atoms with Gasteiger partial charge in [0.25, 0.3) is 0 Å². The van der Waals surface area contributed by atoms with Crippen LogP contribution in [0.4, 0.5) is 10.1 Å². The summed E-state index contributed by atoms with van der Waals surface area (Å²) in [5.41, 5.74) is 0.643. The molecule has 1 saturated heterocycles. The van der Waals surface area contributed by atoms with Crippen LogP contribution in [0.25, 0.3) is 0 Å². The molecular weight excluding hydrogens is 575 g/mol. The van der Waals surface area contributed by atoms with Gasteiger partial charge in [-0.2, -0.15) is 0 Å². The van der Waals surface area contributed by atoms with Crippen LogP contribution in [0.15, 0.2) is 29.2 Å². The molecule has 2 N–H and O–H groups in total. The highest BCUT2D eigenvalue weighted by Crippen LogP contribution is 2.21. The lowest BCUT2D eigenvalue weighted by molar-refractivity contribution is -0.133. The van der Waals surface area contributed by atoms with Crippen LogP contribution in [-0.2, 0) is 19.4 Å². The van der Waals surface area contributed by atoms with E-state index < -0.39 is 22.1 Å². The number of nitrogens with one attached hydrogen (secondary N) is 2. The molecule has 2 amide bonds. The summed E-state index contributed by atoms with van der Waals surface area (Å²) >= 11 is 0. The Morgan fingerprint density at radius 2 is 1.18 bits per heavy atom. The predicted molar refractivity (Wildman–Crippen MR) is 180 cm³/mol. The van der Waals surface area contributed by atoms with Crippen molar-refractivity contribution in [3.63, 3.8) is 0 Å². The summed E-state index contributed by atoms with van der Waals surface area (Å²) in [6, 6.07) is 5.93. The number of anilines is 1. The van der Waals surface area contributed by atoms with Crippen LogP contribution in [0, 0.1) is 0 Å². The summed E-state index contributed by atoms with van der Waals surface area (Å²) in [5, 5.41) is 5.36. The minimum Gasteiger partial charge on any atom is -0.374 e. The molecule has 2 rings (SSSR count). The van der Waals surface area contributed by atoms with Crippen LogP contribution in [0.1, 0.15) is 161 Å². The molecule has 1 aliphatic heterocycles. The summed E-state index contributed by atoms with van der Waals surface area (Å²) in [4.78, 5) is 23.5. The normalized spacial score (nSPS) is 16.2. The number of benzene rings is 1. The third-order valence-electron chi connectivity index (χ3n) is 8.84. The molecule has 0 aliphatic carbocycles. The third-order valence-corrected chi connectivity index (χ3v) is 10.7. The largest absolute Gasteiger partial charge is 0.374 e. The number of amides is 2. The van der Waals surface area contributed by atoms with Gasteiger partial charge in [-0.3, -0.25) is 14.9 Å². The van der Waals surface area contributed by atoms with Crippen molar-refractivity contribution in [2.24, 2.45) is 0 Å². The van der Waals surface area contributed by atoms with E-state index in [4.69, 9.17) is 0 Å². The molecule has 0 bridgehead atoms. The van der Waals surface area contributed by atoms with Gasteiger partial charge in [-0.1, -0.05) is 129 Å². The van der Waals surface area contributed by atoms with Crippen molar-refractivity contribution >= 4 is 27.3 Å². The molecule has 2 atom stereocenters. The second kappa shape index (κ2) is 23.4. The zero-order valence-electron chi connectivity index (χ0n) is 27.6. The number of unbranched alkanes of at least 4 members (excludes halogenated alkanes) is 18. The number of piperidine rings is 1.